The van der Waals surface area contributed by atoms with E-state index in [4.69, 9.17) is 5.73 Å². The van der Waals surface area contributed by atoms with E-state index in [9.17, 15) is 0 Å². The molecule has 2 aromatic rings. The first-order valence-corrected chi connectivity index (χ1v) is 6.60. The zero-order valence-electron chi connectivity index (χ0n) is 10.2. The highest BCUT2D eigenvalue weighted by atomic mass is 32.2. The molecule has 90 valence electrons. The van der Waals surface area contributed by atoms with Crippen LogP contribution < -0.4 is 10.6 Å². The maximum atomic E-state index is 6.07. The maximum Gasteiger partial charge on any atom is 0.0775 e. The van der Waals surface area contributed by atoms with Gasteiger partial charge in [0.05, 0.1) is 22.1 Å². The number of hydrogen-bond donors (Lipinski definition) is 1. The Kier molecular flexibility index (Phi) is 2.56. The van der Waals surface area contributed by atoms with Crippen LogP contribution >= 0.6 is 11.8 Å². The minimum absolute atomic E-state index is 0.772. The van der Waals surface area contributed by atoms with Gasteiger partial charge in [0, 0.05) is 4.90 Å². The Morgan fingerprint density at radius 2 is 1.89 bits per heavy atom. The molecule has 0 aromatic heterocycles. The fraction of sp³-hybridized carbons (Fsp3) is 0.0667. The van der Waals surface area contributed by atoms with E-state index in [-0.39, 0.29) is 0 Å². The molecule has 3 rings (SSSR count). The van der Waals surface area contributed by atoms with Gasteiger partial charge in [0.1, 0.15) is 0 Å². The smallest absolute Gasteiger partial charge is 0.0775 e. The molecule has 0 spiro atoms. The van der Waals surface area contributed by atoms with E-state index in [0.717, 1.165) is 16.4 Å². The number of nitrogens with two attached hydrogens (primary N) is 1. The summed E-state index contributed by atoms with van der Waals surface area (Å²) in [5, 5.41) is 0.994. The number of thioether (sulfide) groups is 1. The fourth-order valence-electron chi connectivity index (χ4n) is 2.15. The SMILES string of the molecule is C=C1Sc2ccc(C)cc2N1c1ccccc1N. The average molecular weight is 254 g/mol. The molecule has 0 atom stereocenters. The molecule has 1 aliphatic rings. The lowest BCUT2D eigenvalue weighted by Crippen LogP contribution is -2.11. The summed E-state index contributed by atoms with van der Waals surface area (Å²) in [6.45, 7) is 6.23. The molecule has 1 aliphatic heterocycles. The summed E-state index contributed by atoms with van der Waals surface area (Å²) in [4.78, 5) is 3.36. The second-order valence-electron chi connectivity index (χ2n) is 4.36. The molecule has 2 N–H and O–H groups in total. The second-order valence-corrected chi connectivity index (χ2v) is 5.48. The molecule has 0 saturated heterocycles. The first-order chi connectivity index (χ1) is 8.66. The van der Waals surface area contributed by atoms with E-state index < -0.39 is 0 Å². The predicted molar refractivity (Wildman–Crippen MR) is 79.2 cm³/mol. The lowest BCUT2D eigenvalue weighted by molar-refractivity contribution is 1.24. The van der Waals surface area contributed by atoms with Gasteiger partial charge in [-0.15, -0.1) is 0 Å². The molecule has 2 aromatic carbocycles. The number of aryl methyl sites for hydroxylation is 1. The van der Waals surface area contributed by atoms with Crippen LogP contribution in [-0.2, 0) is 0 Å². The van der Waals surface area contributed by atoms with Crippen LogP contribution in [0.15, 0.2) is 59.0 Å². The molecule has 0 radical (unpaired) electrons. The summed E-state index contributed by atoms with van der Waals surface area (Å²) in [5.41, 5.74) is 10.2. The first-order valence-electron chi connectivity index (χ1n) is 5.79. The number of benzene rings is 2. The van der Waals surface area contributed by atoms with Crippen LogP contribution in [0.3, 0.4) is 0 Å². The molecule has 3 heteroatoms. The summed E-state index contributed by atoms with van der Waals surface area (Å²) < 4.78 is 0. The van der Waals surface area contributed by atoms with Crippen LogP contribution in [0.2, 0.25) is 0 Å². The molecular formula is C15H14N2S. The Morgan fingerprint density at radius 1 is 1.11 bits per heavy atom. The van der Waals surface area contributed by atoms with Crippen molar-refractivity contribution >= 4 is 28.8 Å². The van der Waals surface area contributed by atoms with Crippen molar-refractivity contribution in [1.82, 2.24) is 0 Å². The average Bonchev–Trinajstić information content (AvgIpc) is 2.66. The molecule has 18 heavy (non-hydrogen) atoms. The first kappa shape index (κ1) is 11.2. The van der Waals surface area contributed by atoms with Crippen LogP contribution in [0.4, 0.5) is 17.1 Å². The zero-order chi connectivity index (χ0) is 12.7. The molecule has 1 heterocycles. The number of rotatable bonds is 1. The third-order valence-electron chi connectivity index (χ3n) is 3.01. The van der Waals surface area contributed by atoms with Crippen molar-refractivity contribution in [3.05, 3.63) is 59.6 Å². The quantitative estimate of drug-likeness (QED) is 0.770. The number of nitrogen functional groups attached to an aromatic ring is 1. The van der Waals surface area contributed by atoms with Crippen molar-refractivity contribution in [1.29, 1.82) is 0 Å². The molecule has 0 bridgehead atoms. The van der Waals surface area contributed by atoms with E-state index in [1.165, 1.54) is 16.1 Å². The van der Waals surface area contributed by atoms with Gasteiger partial charge in [-0.2, -0.15) is 0 Å². The van der Waals surface area contributed by atoms with Gasteiger partial charge >= 0.3 is 0 Å². The lowest BCUT2D eigenvalue weighted by atomic mass is 10.2. The Bertz CT molecular complexity index is 634. The van der Waals surface area contributed by atoms with Gasteiger partial charge in [-0.3, -0.25) is 0 Å². The number of anilines is 3. The molecule has 0 amide bonds. The van der Waals surface area contributed by atoms with E-state index in [1.807, 2.05) is 24.3 Å². The van der Waals surface area contributed by atoms with Crippen molar-refractivity contribution < 1.29 is 0 Å². The maximum absolute atomic E-state index is 6.07. The van der Waals surface area contributed by atoms with Gasteiger partial charge in [-0.1, -0.05) is 36.5 Å². The van der Waals surface area contributed by atoms with Crippen LogP contribution in [0, 0.1) is 6.92 Å². The van der Waals surface area contributed by atoms with E-state index in [2.05, 4.69) is 36.6 Å². The molecule has 0 aliphatic carbocycles. The van der Waals surface area contributed by atoms with Gasteiger partial charge in [-0.25, -0.2) is 0 Å². The summed E-state index contributed by atoms with van der Waals surface area (Å²) in [6.07, 6.45) is 0. The van der Waals surface area contributed by atoms with E-state index in [1.54, 1.807) is 11.8 Å². The number of para-hydroxylation sites is 2. The van der Waals surface area contributed by atoms with Crippen molar-refractivity contribution in [2.75, 3.05) is 10.6 Å². The Balaban J connectivity index is 2.17. The van der Waals surface area contributed by atoms with Crippen LogP contribution in [-0.4, -0.2) is 0 Å². The van der Waals surface area contributed by atoms with Crippen LogP contribution in [0.1, 0.15) is 5.56 Å². The molecule has 2 nitrogen and oxygen atoms in total. The van der Waals surface area contributed by atoms with Crippen molar-refractivity contribution in [3.8, 4) is 0 Å². The third kappa shape index (κ3) is 1.68. The summed E-state index contributed by atoms with van der Waals surface area (Å²) in [6, 6.07) is 14.3. The Morgan fingerprint density at radius 3 is 2.67 bits per heavy atom. The third-order valence-corrected chi connectivity index (χ3v) is 3.99. The minimum Gasteiger partial charge on any atom is -0.397 e. The van der Waals surface area contributed by atoms with Crippen molar-refractivity contribution in [2.24, 2.45) is 0 Å². The van der Waals surface area contributed by atoms with E-state index in [0.29, 0.717) is 0 Å². The summed E-state index contributed by atoms with van der Waals surface area (Å²) >= 11 is 1.69. The van der Waals surface area contributed by atoms with E-state index >= 15 is 0 Å². The highest BCUT2D eigenvalue weighted by molar-refractivity contribution is 8.03. The number of nitrogens with zero attached hydrogens (tertiary/aromatic N) is 1. The fourth-order valence-corrected chi connectivity index (χ4v) is 3.08. The van der Waals surface area contributed by atoms with Crippen LogP contribution in [0.25, 0.3) is 0 Å². The second kappa shape index (κ2) is 4.10. The molecule has 0 fully saturated rings. The highest BCUT2D eigenvalue weighted by Crippen LogP contribution is 2.50. The van der Waals surface area contributed by atoms with Gasteiger partial charge in [-0.05, 0) is 36.8 Å². The molecular weight excluding hydrogens is 240 g/mol. The van der Waals surface area contributed by atoms with Gasteiger partial charge in [0.25, 0.3) is 0 Å². The molecule has 0 unspecified atom stereocenters. The Labute approximate surface area is 111 Å². The zero-order valence-corrected chi connectivity index (χ0v) is 11.0. The van der Waals surface area contributed by atoms with Gasteiger partial charge in [0.2, 0.25) is 0 Å². The monoisotopic (exact) mass is 254 g/mol. The number of hydrogen-bond acceptors (Lipinski definition) is 3. The van der Waals surface area contributed by atoms with Crippen LogP contribution in [0.5, 0.6) is 0 Å². The highest BCUT2D eigenvalue weighted by Gasteiger charge is 2.26. The normalized spacial score (nSPS) is 13.8. The molecule has 0 saturated carbocycles. The largest absolute Gasteiger partial charge is 0.397 e. The number of fused-ring (bicyclic) bond motifs is 1. The lowest BCUT2D eigenvalue weighted by Gasteiger charge is -2.21. The minimum atomic E-state index is 0.772. The Hall–Kier alpha value is -1.87. The van der Waals surface area contributed by atoms with Gasteiger partial charge < -0.3 is 10.6 Å². The summed E-state index contributed by atoms with van der Waals surface area (Å²) in [7, 11) is 0. The van der Waals surface area contributed by atoms with Gasteiger partial charge in [0.15, 0.2) is 0 Å². The van der Waals surface area contributed by atoms with Crippen molar-refractivity contribution in [3.63, 3.8) is 0 Å². The predicted octanol–water partition coefficient (Wildman–Crippen LogP) is 4.29. The summed E-state index contributed by atoms with van der Waals surface area (Å²) in [5.74, 6) is 0. The standard InChI is InChI=1S/C15H14N2S/c1-10-7-8-15-14(9-10)17(11(2)18-15)13-6-4-3-5-12(13)16/h3-9H,2,16H2,1H3. The topological polar surface area (TPSA) is 29.3 Å². The van der Waals surface area contributed by atoms with Crippen molar-refractivity contribution in [2.45, 2.75) is 11.8 Å².